The third kappa shape index (κ3) is 3.15. The molecule has 1 aliphatic heterocycles. The number of nitrogens with one attached hydrogen (secondary N) is 1. The predicted molar refractivity (Wildman–Crippen MR) is 82.9 cm³/mol. The van der Waals surface area contributed by atoms with Gasteiger partial charge in [0.1, 0.15) is 5.52 Å². The van der Waals surface area contributed by atoms with Gasteiger partial charge in [0.2, 0.25) is 12.7 Å². The lowest BCUT2D eigenvalue weighted by atomic mass is 10.1. The van der Waals surface area contributed by atoms with Crippen LogP contribution in [0, 0.1) is 0 Å². The number of piperidine rings is 1. The number of rotatable bonds is 2. The lowest BCUT2D eigenvalue weighted by Gasteiger charge is -2.25. The molecule has 0 bridgehead atoms. The molecule has 1 aromatic heterocycles. The van der Waals surface area contributed by atoms with Gasteiger partial charge < -0.3 is 4.90 Å². The summed E-state index contributed by atoms with van der Waals surface area (Å²) in [6.45, 7) is 1.83. The molecule has 1 fully saturated rings. The summed E-state index contributed by atoms with van der Waals surface area (Å²) in [4.78, 5) is 26.2. The standard InChI is InChI=1S/C15H16BrN3O2/c16-11-4-5-13-12(8-11)14(20)9-19(17-13)10-15(21)18-6-2-1-3-7-18/h4-5,8-9H,1-3,6-7,10H2/p+1. The average molecular weight is 351 g/mol. The predicted octanol–water partition coefficient (Wildman–Crippen LogP) is 1.59. The molecule has 1 saturated heterocycles. The molecule has 2 heterocycles. The molecular formula is C15H17BrN3O2+. The molecule has 21 heavy (non-hydrogen) atoms. The van der Waals surface area contributed by atoms with Crippen molar-refractivity contribution in [2.45, 2.75) is 25.8 Å². The summed E-state index contributed by atoms with van der Waals surface area (Å²) in [7, 11) is 0. The summed E-state index contributed by atoms with van der Waals surface area (Å²) in [6, 6.07) is 5.49. The monoisotopic (exact) mass is 350 g/mol. The van der Waals surface area contributed by atoms with E-state index in [0.29, 0.717) is 5.39 Å². The molecule has 1 aromatic carbocycles. The zero-order valence-corrected chi connectivity index (χ0v) is 13.2. The second-order valence-corrected chi connectivity index (χ2v) is 6.28. The third-order valence-corrected chi connectivity index (χ3v) is 4.29. The quantitative estimate of drug-likeness (QED) is 0.836. The number of nitrogens with zero attached hydrogens (tertiary/aromatic N) is 2. The van der Waals surface area contributed by atoms with E-state index in [-0.39, 0.29) is 17.9 Å². The number of amides is 1. The van der Waals surface area contributed by atoms with E-state index in [1.54, 1.807) is 10.7 Å². The maximum atomic E-state index is 12.2. The average Bonchev–Trinajstić information content (AvgIpc) is 2.49. The molecule has 0 aliphatic carbocycles. The van der Waals surface area contributed by atoms with Gasteiger partial charge in [-0.25, -0.2) is 0 Å². The van der Waals surface area contributed by atoms with Gasteiger partial charge in [-0.2, -0.15) is 5.10 Å². The Morgan fingerprint density at radius 1 is 1.29 bits per heavy atom. The number of benzene rings is 1. The molecule has 0 atom stereocenters. The van der Waals surface area contributed by atoms with Crippen molar-refractivity contribution < 1.29 is 9.48 Å². The number of aromatic nitrogens is 2. The molecule has 0 unspecified atom stereocenters. The van der Waals surface area contributed by atoms with Gasteiger partial charge in [-0.3, -0.25) is 9.59 Å². The molecule has 5 nitrogen and oxygen atoms in total. The molecule has 1 aliphatic rings. The Balaban J connectivity index is 1.85. The molecule has 0 saturated carbocycles. The van der Waals surface area contributed by atoms with Crippen molar-refractivity contribution >= 4 is 32.7 Å². The normalized spacial score (nSPS) is 15.4. The Morgan fingerprint density at radius 2 is 2.05 bits per heavy atom. The van der Waals surface area contributed by atoms with Gasteiger partial charge in [0, 0.05) is 17.6 Å². The summed E-state index contributed by atoms with van der Waals surface area (Å²) in [6.07, 6.45) is 4.78. The number of aromatic amines is 1. The molecular weight excluding hydrogens is 334 g/mol. The number of hydrogen-bond donors (Lipinski definition) is 1. The van der Waals surface area contributed by atoms with Crippen LogP contribution in [0.25, 0.3) is 10.9 Å². The van der Waals surface area contributed by atoms with Crippen molar-refractivity contribution in [1.82, 2.24) is 10.00 Å². The highest BCUT2D eigenvalue weighted by molar-refractivity contribution is 9.10. The van der Waals surface area contributed by atoms with Crippen molar-refractivity contribution in [2.24, 2.45) is 0 Å². The largest absolute Gasteiger partial charge is 0.337 e. The summed E-state index contributed by atoms with van der Waals surface area (Å²) in [5.74, 6) is 0.0619. The smallest absolute Gasteiger partial charge is 0.290 e. The molecule has 6 heteroatoms. The van der Waals surface area contributed by atoms with Crippen LogP contribution in [0.1, 0.15) is 19.3 Å². The first kappa shape index (κ1) is 14.3. The molecule has 1 amide bonds. The number of hydrogen-bond acceptors (Lipinski definition) is 2. The number of carbonyl (C=O) groups excluding carboxylic acids is 1. The highest BCUT2D eigenvalue weighted by Gasteiger charge is 2.21. The highest BCUT2D eigenvalue weighted by atomic mass is 79.9. The van der Waals surface area contributed by atoms with Crippen molar-refractivity contribution in [2.75, 3.05) is 13.1 Å². The number of likely N-dealkylation sites (tertiary alicyclic amines) is 1. The van der Waals surface area contributed by atoms with Crippen molar-refractivity contribution in [3.63, 3.8) is 0 Å². The lowest BCUT2D eigenvalue weighted by molar-refractivity contribution is -0.741. The number of fused-ring (bicyclic) bond motifs is 1. The third-order valence-electron chi connectivity index (χ3n) is 3.80. The van der Waals surface area contributed by atoms with Gasteiger partial charge in [0.05, 0.1) is 5.39 Å². The fraction of sp³-hybridized carbons (Fsp3) is 0.400. The lowest BCUT2D eigenvalue weighted by Crippen LogP contribution is -2.49. The van der Waals surface area contributed by atoms with E-state index in [9.17, 15) is 9.59 Å². The van der Waals surface area contributed by atoms with E-state index in [1.807, 2.05) is 17.0 Å². The summed E-state index contributed by atoms with van der Waals surface area (Å²) in [5.41, 5.74) is 0.647. The summed E-state index contributed by atoms with van der Waals surface area (Å²) in [5, 5.41) is 3.73. The second kappa shape index (κ2) is 5.97. The van der Waals surface area contributed by atoms with Crippen LogP contribution in [0.2, 0.25) is 0 Å². The molecule has 110 valence electrons. The Hall–Kier alpha value is -1.69. The minimum absolute atomic E-state index is 0.0619. The molecule has 2 aromatic rings. The zero-order chi connectivity index (χ0) is 14.8. The van der Waals surface area contributed by atoms with Crippen LogP contribution in [0.4, 0.5) is 0 Å². The molecule has 1 N–H and O–H groups in total. The van der Waals surface area contributed by atoms with Gasteiger partial charge in [0.15, 0.2) is 0 Å². The Bertz CT molecular complexity index is 735. The summed E-state index contributed by atoms with van der Waals surface area (Å²) >= 11 is 3.36. The molecule has 0 spiro atoms. The van der Waals surface area contributed by atoms with E-state index < -0.39 is 0 Å². The fourth-order valence-corrected chi connectivity index (χ4v) is 3.05. The first-order valence-electron chi connectivity index (χ1n) is 7.13. The van der Waals surface area contributed by atoms with E-state index in [0.717, 1.165) is 35.9 Å². The summed E-state index contributed by atoms with van der Waals surface area (Å²) < 4.78 is 2.44. The fourth-order valence-electron chi connectivity index (χ4n) is 2.69. The van der Waals surface area contributed by atoms with Crippen LogP contribution >= 0.6 is 15.9 Å². The van der Waals surface area contributed by atoms with Gasteiger partial charge in [-0.15, -0.1) is 4.68 Å². The molecule has 3 rings (SSSR count). The minimum atomic E-state index is -0.0866. The van der Waals surface area contributed by atoms with Gasteiger partial charge in [-0.1, -0.05) is 15.9 Å². The maximum Gasteiger partial charge on any atom is 0.290 e. The van der Waals surface area contributed by atoms with Crippen molar-refractivity contribution in [1.29, 1.82) is 0 Å². The molecule has 0 radical (unpaired) electrons. The van der Waals surface area contributed by atoms with E-state index in [1.165, 1.54) is 12.6 Å². The number of carbonyl (C=O) groups is 1. The van der Waals surface area contributed by atoms with Crippen LogP contribution in [0.3, 0.4) is 0 Å². The first-order valence-corrected chi connectivity index (χ1v) is 7.92. The zero-order valence-electron chi connectivity index (χ0n) is 11.6. The van der Waals surface area contributed by atoms with Crippen LogP contribution < -0.4 is 10.1 Å². The van der Waals surface area contributed by atoms with Crippen molar-refractivity contribution in [3.05, 3.63) is 39.1 Å². The Kier molecular flexibility index (Phi) is 4.05. The van der Waals surface area contributed by atoms with Gasteiger partial charge in [0.25, 0.3) is 11.3 Å². The topological polar surface area (TPSA) is 57.0 Å². The van der Waals surface area contributed by atoms with E-state index in [4.69, 9.17) is 0 Å². The van der Waals surface area contributed by atoms with Gasteiger partial charge in [-0.05, 0) is 37.5 Å². The van der Waals surface area contributed by atoms with E-state index >= 15 is 0 Å². The Morgan fingerprint density at radius 3 is 2.81 bits per heavy atom. The Labute approximate surface area is 130 Å². The first-order chi connectivity index (χ1) is 10.1. The number of H-pyrrole nitrogens is 1. The van der Waals surface area contributed by atoms with Crippen LogP contribution in [0.15, 0.2) is 33.7 Å². The minimum Gasteiger partial charge on any atom is -0.337 e. The highest BCUT2D eigenvalue weighted by Crippen LogP contribution is 2.14. The maximum absolute atomic E-state index is 12.2. The second-order valence-electron chi connectivity index (χ2n) is 5.36. The van der Waals surface area contributed by atoms with Crippen LogP contribution in [-0.4, -0.2) is 29.0 Å². The SMILES string of the molecule is O=C(C[n+]1cc(=O)c2cc(Br)ccc2[nH]1)N1CCCCC1. The van der Waals surface area contributed by atoms with E-state index in [2.05, 4.69) is 21.0 Å². The van der Waals surface area contributed by atoms with Crippen molar-refractivity contribution in [3.8, 4) is 0 Å². The van der Waals surface area contributed by atoms with Gasteiger partial charge >= 0.3 is 0 Å². The van der Waals surface area contributed by atoms with Crippen LogP contribution in [-0.2, 0) is 11.3 Å². The van der Waals surface area contributed by atoms with Crippen LogP contribution in [0.5, 0.6) is 0 Å². The number of halogens is 1.